The van der Waals surface area contributed by atoms with E-state index in [9.17, 15) is 9.59 Å². The van der Waals surface area contributed by atoms with Crippen LogP contribution in [-0.2, 0) is 14.1 Å². The fourth-order valence-electron chi connectivity index (χ4n) is 2.82. The smallest absolute Gasteiger partial charge is 0.454 e. The Bertz CT molecular complexity index is 786. The van der Waals surface area contributed by atoms with Crippen LogP contribution >= 0.6 is 0 Å². The predicted octanol–water partition coefficient (Wildman–Crippen LogP) is 2.38. The molecule has 0 spiro atoms. The molecule has 1 fully saturated rings. The Morgan fingerprint density at radius 2 is 1.67 bits per heavy atom. The normalized spacial score (nSPS) is 19.9. The van der Waals surface area contributed by atoms with Crippen LogP contribution in [-0.4, -0.2) is 43.9 Å². The van der Waals surface area contributed by atoms with Crippen LogP contribution in [0.15, 0.2) is 17.6 Å². The number of nitrogens with one attached hydrogen (secondary N) is 1. The van der Waals surface area contributed by atoms with Crippen LogP contribution in [0, 0.1) is 0 Å². The lowest BCUT2D eigenvalue weighted by molar-refractivity contribution is -0.118. The van der Waals surface area contributed by atoms with Gasteiger partial charge in [0.05, 0.1) is 11.2 Å². The van der Waals surface area contributed by atoms with Gasteiger partial charge >= 0.3 is 7.12 Å². The fraction of sp³-hybridized carbons (Fsp3) is 0.474. The largest absolute Gasteiger partial charge is 0.492 e. The molecule has 0 bridgehead atoms. The maximum Gasteiger partial charge on any atom is 0.492 e. The van der Waals surface area contributed by atoms with E-state index in [4.69, 9.17) is 18.8 Å². The van der Waals surface area contributed by atoms with Crippen molar-refractivity contribution in [1.82, 2.24) is 5.32 Å². The van der Waals surface area contributed by atoms with Crippen molar-refractivity contribution in [2.45, 2.75) is 45.8 Å². The van der Waals surface area contributed by atoms with Gasteiger partial charge in [-0.15, -0.1) is 0 Å². The van der Waals surface area contributed by atoms with Crippen LogP contribution in [0.3, 0.4) is 0 Å². The molecule has 3 rings (SSSR count). The van der Waals surface area contributed by atoms with Crippen molar-refractivity contribution in [3.63, 3.8) is 0 Å². The third-order valence-corrected chi connectivity index (χ3v) is 5.14. The Kier molecular flexibility index (Phi) is 5.05. The highest BCUT2D eigenvalue weighted by atomic mass is 16.7. The van der Waals surface area contributed by atoms with Crippen molar-refractivity contribution in [3.05, 3.63) is 28.7 Å². The average Bonchev–Trinajstić information content (AvgIpc) is 3.11. The zero-order chi connectivity index (χ0) is 19.8. The molecule has 1 saturated heterocycles. The van der Waals surface area contributed by atoms with E-state index in [1.165, 1.54) is 6.92 Å². The van der Waals surface area contributed by atoms with Crippen LogP contribution in [0.25, 0.3) is 6.08 Å². The van der Waals surface area contributed by atoms with E-state index >= 15 is 0 Å². The highest BCUT2D eigenvalue weighted by Crippen LogP contribution is 2.40. The summed E-state index contributed by atoms with van der Waals surface area (Å²) in [5.41, 5.74) is 0.760. The minimum absolute atomic E-state index is 0.122. The SMILES string of the molecule is CC(=O)NCC(=Cc1cc2c(cc1C=O)OCO2)B1OC(C)(C)C(C)(C)O1. The molecular weight excluding hydrogens is 349 g/mol. The van der Waals surface area contributed by atoms with Crippen LogP contribution in [0.1, 0.15) is 50.5 Å². The Morgan fingerprint density at radius 1 is 1.11 bits per heavy atom. The third kappa shape index (κ3) is 3.86. The first-order valence-corrected chi connectivity index (χ1v) is 8.82. The van der Waals surface area contributed by atoms with Crippen LogP contribution in [0.2, 0.25) is 0 Å². The first-order valence-electron chi connectivity index (χ1n) is 8.82. The Balaban J connectivity index is 1.99. The van der Waals surface area contributed by atoms with Gasteiger partial charge in [0.15, 0.2) is 17.8 Å². The molecule has 0 aliphatic carbocycles. The summed E-state index contributed by atoms with van der Waals surface area (Å²) >= 11 is 0. The first-order chi connectivity index (χ1) is 12.6. The van der Waals surface area contributed by atoms with E-state index in [0.29, 0.717) is 28.1 Å². The minimum Gasteiger partial charge on any atom is -0.454 e. The third-order valence-electron chi connectivity index (χ3n) is 5.14. The summed E-state index contributed by atoms with van der Waals surface area (Å²) in [6.45, 7) is 9.64. The number of amides is 1. The molecule has 2 aliphatic rings. The lowest BCUT2D eigenvalue weighted by Gasteiger charge is -2.32. The molecule has 27 heavy (non-hydrogen) atoms. The van der Waals surface area contributed by atoms with Gasteiger partial charge in [-0.2, -0.15) is 0 Å². The van der Waals surface area contributed by atoms with E-state index in [-0.39, 0.29) is 19.2 Å². The molecule has 1 amide bonds. The molecular formula is C19H24BNO6. The Morgan fingerprint density at radius 3 is 2.19 bits per heavy atom. The van der Waals surface area contributed by atoms with Crippen molar-refractivity contribution in [2.24, 2.45) is 0 Å². The Hall–Kier alpha value is -2.32. The predicted molar refractivity (Wildman–Crippen MR) is 101 cm³/mol. The van der Waals surface area contributed by atoms with Crippen LogP contribution in [0.4, 0.5) is 0 Å². The Labute approximate surface area is 159 Å². The zero-order valence-electron chi connectivity index (χ0n) is 16.3. The summed E-state index contributed by atoms with van der Waals surface area (Å²) < 4.78 is 23.0. The quantitative estimate of drug-likeness (QED) is 0.630. The summed E-state index contributed by atoms with van der Waals surface area (Å²) in [4.78, 5) is 23.0. The van der Waals surface area contributed by atoms with Gasteiger partial charge in [0, 0.05) is 19.0 Å². The van der Waals surface area contributed by atoms with Crippen molar-refractivity contribution < 1.29 is 28.4 Å². The highest BCUT2D eigenvalue weighted by molar-refractivity contribution is 6.56. The number of hydrogen-bond acceptors (Lipinski definition) is 6. The molecule has 2 aliphatic heterocycles. The number of benzene rings is 1. The van der Waals surface area contributed by atoms with Gasteiger partial charge in [-0.1, -0.05) is 6.08 Å². The number of carbonyl (C=O) groups excluding carboxylic acids is 2. The maximum atomic E-state index is 11.5. The topological polar surface area (TPSA) is 83.1 Å². The van der Waals surface area contributed by atoms with Crippen molar-refractivity contribution >= 4 is 25.4 Å². The number of hydrogen-bond donors (Lipinski definition) is 1. The molecule has 1 aromatic rings. The van der Waals surface area contributed by atoms with Crippen molar-refractivity contribution in [1.29, 1.82) is 0 Å². The van der Waals surface area contributed by atoms with Gasteiger partial charge in [0.25, 0.3) is 0 Å². The molecule has 0 atom stereocenters. The number of aldehydes is 1. The molecule has 2 heterocycles. The van der Waals surface area contributed by atoms with E-state index in [2.05, 4.69) is 5.32 Å². The molecule has 7 nitrogen and oxygen atoms in total. The minimum atomic E-state index is -0.647. The average molecular weight is 373 g/mol. The van der Waals surface area contributed by atoms with Gasteiger partial charge in [-0.05, 0) is 50.9 Å². The van der Waals surface area contributed by atoms with Crippen LogP contribution in [0.5, 0.6) is 11.5 Å². The summed E-state index contributed by atoms with van der Waals surface area (Å²) in [5, 5.41) is 2.78. The molecule has 1 aromatic carbocycles. The summed E-state index contributed by atoms with van der Waals surface area (Å²) in [7, 11) is -0.647. The summed E-state index contributed by atoms with van der Waals surface area (Å²) in [5.74, 6) is 0.937. The van der Waals surface area contributed by atoms with Gasteiger partial charge < -0.3 is 24.1 Å². The summed E-state index contributed by atoms with van der Waals surface area (Å²) in [6, 6.07) is 3.38. The molecule has 0 radical (unpaired) electrons. The first kappa shape index (κ1) is 19.4. The highest BCUT2D eigenvalue weighted by Gasteiger charge is 2.52. The van der Waals surface area contributed by atoms with Gasteiger partial charge in [0.1, 0.15) is 0 Å². The second kappa shape index (κ2) is 7.01. The van der Waals surface area contributed by atoms with E-state index in [1.807, 2.05) is 27.7 Å². The number of rotatable bonds is 5. The van der Waals surface area contributed by atoms with Gasteiger partial charge in [0.2, 0.25) is 12.7 Å². The second-order valence-corrected chi connectivity index (χ2v) is 7.67. The van der Waals surface area contributed by atoms with Gasteiger partial charge in [-0.25, -0.2) is 0 Å². The molecule has 1 N–H and O–H groups in total. The molecule has 144 valence electrons. The molecule has 0 saturated carbocycles. The molecule has 0 aromatic heterocycles. The second-order valence-electron chi connectivity index (χ2n) is 7.67. The lowest BCUT2D eigenvalue weighted by atomic mass is 9.76. The van der Waals surface area contributed by atoms with Gasteiger partial charge in [-0.3, -0.25) is 9.59 Å². The molecule has 8 heteroatoms. The van der Waals surface area contributed by atoms with E-state index in [0.717, 1.165) is 6.29 Å². The maximum absolute atomic E-state index is 11.5. The molecule has 0 unspecified atom stereocenters. The number of fused-ring (bicyclic) bond motifs is 1. The van der Waals surface area contributed by atoms with Crippen molar-refractivity contribution in [3.8, 4) is 11.5 Å². The van der Waals surface area contributed by atoms with E-state index < -0.39 is 18.3 Å². The summed E-state index contributed by atoms with van der Waals surface area (Å²) in [6.07, 6.45) is 2.55. The van der Waals surface area contributed by atoms with E-state index in [1.54, 1.807) is 18.2 Å². The monoisotopic (exact) mass is 373 g/mol. The zero-order valence-corrected chi connectivity index (χ0v) is 16.3. The number of ether oxygens (including phenoxy) is 2. The number of carbonyl (C=O) groups is 2. The standard InChI is InChI=1S/C19H24BNO6/c1-12(23)21-9-15(20-26-18(2,3)19(4,5)27-20)6-13-7-16-17(25-11-24-16)8-14(13)10-22/h6-8,10H,9,11H2,1-5H3,(H,21,23). The van der Waals surface area contributed by atoms with Crippen LogP contribution < -0.4 is 14.8 Å². The fourth-order valence-corrected chi connectivity index (χ4v) is 2.82. The lowest BCUT2D eigenvalue weighted by Crippen LogP contribution is -2.41. The van der Waals surface area contributed by atoms with Crippen molar-refractivity contribution in [2.75, 3.05) is 13.3 Å².